The van der Waals surface area contributed by atoms with Crippen molar-refractivity contribution in [3.8, 4) is 5.75 Å². The van der Waals surface area contributed by atoms with Gasteiger partial charge in [0.25, 0.3) is 17.4 Å². The summed E-state index contributed by atoms with van der Waals surface area (Å²) in [4.78, 5) is 41.0. The highest BCUT2D eigenvalue weighted by molar-refractivity contribution is 6.46. The normalized spacial score (nSPS) is 16.7. The number of non-ortho nitro benzene ring substituents is 1. The summed E-state index contributed by atoms with van der Waals surface area (Å²) < 4.78 is 5.55. The molecule has 1 aliphatic heterocycles. The number of nitro groups is 1. The molecule has 9 heteroatoms. The Balaban J connectivity index is 1.94. The zero-order valence-electron chi connectivity index (χ0n) is 23.1. The van der Waals surface area contributed by atoms with Crippen molar-refractivity contribution >= 4 is 23.1 Å². The van der Waals surface area contributed by atoms with Crippen LogP contribution >= 0.6 is 0 Å². The van der Waals surface area contributed by atoms with E-state index < -0.39 is 22.7 Å². The number of ketones is 1. The highest BCUT2D eigenvalue weighted by Crippen LogP contribution is 2.40. The van der Waals surface area contributed by atoms with Crippen LogP contribution in [0, 0.1) is 10.1 Å². The average Bonchev–Trinajstić information content (AvgIpc) is 3.19. The van der Waals surface area contributed by atoms with Crippen LogP contribution in [-0.2, 0) is 9.59 Å². The SMILES string of the molecule is CCCCN(CCCC)CCCN1C(=O)C(=O)C(=C(O)c2ccc([N+](=O)[O-])cc2)[C@@H]1c1ccc(OCC)cc1. The fraction of sp³-hybridized carbons (Fsp3) is 0.467. The molecule has 0 aliphatic carbocycles. The van der Waals surface area contributed by atoms with E-state index >= 15 is 0 Å². The first kappa shape index (κ1) is 29.8. The van der Waals surface area contributed by atoms with E-state index in [2.05, 4.69) is 18.7 Å². The molecule has 1 amide bonds. The van der Waals surface area contributed by atoms with Crippen molar-refractivity contribution < 1.29 is 24.4 Å². The van der Waals surface area contributed by atoms with Gasteiger partial charge in [-0.2, -0.15) is 0 Å². The molecule has 0 spiro atoms. The molecule has 1 saturated heterocycles. The molecule has 0 unspecified atom stereocenters. The van der Waals surface area contributed by atoms with E-state index in [9.17, 15) is 24.8 Å². The summed E-state index contributed by atoms with van der Waals surface area (Å²) >= 11 is 0. The highest BCUT2D eigenvalue weighted by Gasteiger charge is 2.45. The lowest BCUT2D eigenvalue weighted by Crippen LogP contribution is -2.34. The van der Waals surface area contributed by atoms with Crippen molar-refractivity contribution in [2.45, 2.75) is 58.9 Å². The molecule has 1 atom stereocenters. The fourth-order valence-electron chi connectivity index (χ4n) is 4.83. The van der Waals surface area contributed by atoms with Gasteiger partial charge in [0.05, 0.1) is 23.1 Å². The summed E-state index contributed by atoms with van der Waals surface area (Å²) in [5, 5.41) is 22.3. The van der Waals surface area contributed by atoms with Gasteiger partial charge in [0, 0.05) is 24.2 Å². The number of rotatable bonds is 15. The predicted molar refractivity (Wildman–Crippen MR) is 151 cm³/mol. The number of aliphatic hydroxyl groups excluding tert-OH is 1. The Bertz CT molecular complexity index is 1150. The first-order valence-electron chi connectivity index (χ1n) is 13.8. The number of ether oxygens (including phenoxy) is 1. The van der Waals surface area contributed by atoms with Crippen LogP contribution in [-0.4, -0.2) is 64.3 Å². The zero-order chi connectivity index (χ0) is 28.4. The van der Waals surface area contributed by atoms with Crippen LogP contribution in [0.1, 0.15) is 70.0 Å². The van der Waals surface area contributed by atoms with Gasteiger partial charge in [-0.1, -0.05) is 38.8 Å². The molecular formula is C30H39N3O6. The zero-order valence-corrected chi connectivity index (χ0v) is 23.1. The van der Waals surface area contributed by atoms with Gasteiger partial charge in [-0.15, -0.1) is 0 Å². The molecule has 2 aromatic carbocycles. The Morgan fingerprint density at radius 1 is 0.949 bits per heavy atom. The van der Waals surface area contributed by atoms with E-state index in [0.717, 1.165) is 45.3 Å². The molecule has 0 radical (unpaired) electrons. The van der Waals surface area contributed by atoms with Crippen molar-refractivity contribution in [2.75, 3.05) is 32.8 Å². The molecule has 2 aromatic rings. The van der Waals surface area contributed by atoms with Crippen LogP contribution in [0.5, 0.6) is 5.75 Å². The van der Waals surface area contributed by atoms with Gasteiger partial charge in [0.15, 0.2) is 0 Å². The van der Waals surface area contributed by atoms with Gasteiger partial charge >= 0.3 is 0 Å². The number of carbonyl (C=O) groups is 2. The molecule has 1 fully saturated rings. The van der Waals surface area contributed by atoms with Crippen molar-refractivity contribution in [3.05, 3.63) is 75.3 Å². The number of Topliss-reactive ketones (excluding diaryl/α,β-unsaturated/α-hetero) is 1. The Hall–Kier alpha value is -3.72. The van der Waals surface area contributed by atoms with E-state index in [1.807, 2.05) is 6.92 Å². The Kier molecular flexibility index (Phi) is 11.0. The van der Waals surface area contributed by atoms with E-state index in [-0.39, 0.29) is 22.6 Å². The van der Waals surface area contributed by atoms with Crippen molar-refractivity contribution in [1.82, 2.24) is 9.80 Å². The summed E-state index contributed by atoms with van der Waals surface area (Å²) in [6.45, 7) is 9.88. The number of aliphatic hydroxyl groups is 1. The maximum atomic E-state index is 13.3. The molecule has 3 rings (SSSR count). The van der Waals surface area contributed by atoms with Crippen LogP contribution in [0.3, 0.4) is 0 Å². The summed E-state index contributed by atoms with van der Waals surface area (Å²) in [7, 11) is 0. The van der Waals surface area contributed by atoms with Crippen LogP contribution in [0.4, 0.5) is 5.69 Å². The molecule has 1 aliphatic rings. The van der Waals surface area contributed by atoms with E-state index in [4.69, 9.17) is 4.74 Å². The summed E-state index contributed by atoms with van der Waals surface area (Å²) in [5.41, 5.74) is 0.757. The second kappa shape index (κ2) is 14.4. The van der Waals surface area contributed by atoms with Gasteiger partial charge < -0.3 is 19.6 Å². The van der Waals surface area contributed by atoms with Gasteiger partial charge in [-0.25, -0.2) is 0 Å². The number of carbonyl (C=O) groups excluding carboxylic acids is 2. The lowest BCUT2D eigenvalue weighted by molar-refractivity contribution is -0.384. The van der Waals surface area contributed by atoms with Gasteiger partial charge in [-0.05, 0) is 75.6 Å². The quantitative estimate of drug-likeness (QED) is 0.102. The van der Waals surface area contributed by atoms with Crippen molar-refractivity contribution in [1.29, 1.82) is 0 Å². The van der Waals surface area contributed by atoms with Crippen LogP contribution in [0.2, 0.25) is 0 Å². The minimum absolute atomic E-state index is 0.0214. The second-order valence-electron chi connectivity index (χ2n) is 9.70. The third-order valence-corrected chi connectivity index (χ3v) is 6.93. The topological polar surface area (TPSA) is 113 Å². The summed E-state index contributed by atoms with van der Waals surface area (Å²) in [5.74, 6) is -1.11. The maximum Gasteiger partial charge on any atom is 0.295 e. The smallest absolute Gasteiger partial charge is 0.295 e. The second-order valence-corrected chi connectivity index (χ2v) is 9.70. The van der Waals surface area contributed by atoms with Crippen molar-refractivity contribution in [2.24, 2.45) is 0 Å². The number of unbranched alkanes of at least 4 members (excludes halogenated alkanes) is 2. The van der Waals surface area contributed by atoms with Gasteiger partial charge in [-0.3, -0.25) is 19.7 Å². The Labute approximate surface area is 230 Å². The molecular weight excluding hydrogens is 498 g/mol. The van der Waals surface area contributed by atoms with Crippen LogP contribution in [0.25, 0.3) is 5.76 Å². The van der Waals surface area contributed by atoms with Gasteiger partial charge in [0.1, 0.15) is 11.5 Å². The van der Waals surface area contributed by atoms with Crippen molar-refractivity contribution in [3.63, 3.8) is 0 Å². The fourth-order valence-corrected chi connectivity index (χ4v) is 4.83. The number of benzene rings is 2. The molecule has 210 valence electrons. The maximum absolute atomic E-state index is 13.3. The first-order valence-corrected chi connectivity index (χ1v) is 13.8. The standard InChI is InChI=1S/C30H39N3O6/c1-4-7-18-31(19-8-5-2)20-9-21-32-27(22-12-16-25(17-13-22)39-6-3)26(29(35)30(32)36)28(34)23-10-14-24(15-11-23)33(37)38/h10-17,27,34H,4-9,18-21H2,1-3H3/t27-/m0/s1. The molecule has 9 nitrogen and oxygen atoms in total. The number of hydrogen-bond acceptors (Lipinski definition) is 7. The molecule has 0 aromatic heterocycles. The van der Waals surface area contributed by atoms with E-state index in [1.54, 1.807) is 24.3 Å². The first-order chi connectivity index (χ1) is 18.8. The molecule has 1 heterocycles. The van der Waals surface area contributed by atoms with Crippen LogP contribution < -0.4 is 4.74 Å². The predicted octanol–water partition coefficient (Wildman–Crippen LogP) is 5.71. The van der Waals surface area contributed by atoms with E-state index in [1.165, 1.54) is 29.2 Å². The minimum atomic E-state index is -0.782. The average molecular weight is 538 g/mol. The van der Waals surface area contributed by atoms with Crippen LogP contribution in [0.15, 0.2) is 54.1 Å². The number of likely N-dealkylation sites (tertiary alicyclic amines) is 1. The third-order valence-electron chi connectivity index (χ3n) is 6.93. The molecule has 39 heavy (non-hydrogen) atoms. The number of nitrogens with zero attached hydrogens (tertiary/aromatic N) is 3. The summed E-state index contributed by atoms with van der Waals surface area (Å²) in [6.07, 6.45) is 5.12. The number of amides is 1. The number of nitro benzene ring substituents is 1. The van der Waals surface area contributed by atoms with Gasteiger partial charge in [0.2, 0.25) is 0 Å². The summed E-state index contributed by atoms with van der Waals surface area (Å²) in [6, 6.07) is 11.7. The lowest BCUT2D eigenvalue weighted by atomic mass is 9.95. The Morgan fingerprint density at radius 3 is 2.08 bits per heavy atom. The third kappa shape index (κ3) is 7.44. The largest absolute Gasteiger partial charge is 0.507 e. The minimum Gasteiger partial charge on any atom is -0.507 e. The van der Waals surface area contributed by atoms with E-state index in [0.29, 0.717) is 30.9 Å². The monoisotopic (exact) mass is 537 g/mol. The number of hydrogen-bond donors (Lipinski definition) is 1. The molecule has 0 saturated carbocycles. The Morgan fingerprint density at radius 2 is 1.54 bits per heavy atom. The lowest BCUT2D eigenvalue weighted by Gasteiger charge is -2.27. The molecule has 0 bridgehead atoms. The molecule has 1 N–H and O–H groups in total. The highest BCUT2D eigenvalue weighted by atomic mass is 16.6.